The van der Waals surface area contributed by atoms with E-state index in [9.17, 15) is 10.1 Å². The molecule has 10 nitrogen and oxygen atoms in total. The molecule has 0 spiro atoms. The maximum absolute atomic E-state index is 11.8. The number of hydrogen-bond acceptors (Lipinski definition) is 10. The van der Waals surface area contributed by atoms with Crippen LogP contribution in [0, 0.1) is 16.7 Å². The van der Waals surface area contributed by atoms with E-state index in [4.69, 9.17) is 30.8 Å². The largest absolute Gasteiger partial charge is 0.464 e. The standard InChI is InChI=1S/C31H43ClN6O4/c1-4-41-30(39)22(3)42-18-21(2)36-23-8-10-24(11-9-23)37-29-16-25(26(32)17-34-29)27-6-5-7-28(38-27)35-20-31(19-33)12-14-40-15-13-31/h5-7,16-17,21-24,36H,4,8-15,18,20H2,1-3H3,(H,34,37)(H,35,38)/t21?,22-,23-,24-/m1/s1. The molecular formula is C31H43ClN6O4. The van der Waals surface area contributed by atoms with Gasteiger partial charge in [0.15, 0.2) is 6.10 Å². The Kier molecular flexibility index (Phi) is 11.8. The summed E-state index contributed by atoms with van der Waals surface area (Å²) in [4.78, 5) is 21.1. The van der Waals surface area contributed by atoms with Crippen molar-refractivity contribution in [2.45, 2.75) is 83.5 Å². The average Bonchev–Trinajstić information content (AvgIpc) is 3.01. The lowest BCUT2D eigenvalue weighted by Crippen LogP contribution is -2.43. The summed E-state index contributed by atoms with van der Waals surface area (Å²) in [6.07, 6.45) is 6.60. The number of halogens is 1. The number of nitrogens with zero attached hydrogens (tertiary/aromatic N) is 3. The van der Waals surface area contributed by atoms with Gasteiger partial charge in [-0.25, -0.2) is 14.8 Å². The van der Waals surface area contributed by atoms with Crippen LogP contribution in [0.2, 0.25) is 5.02 Å². The Morgan fingerprint density at radius 2 is 1.93 bits per heavy atom. The molecule has 1 saturated heterocycles. The van der Waals surface area contributed by atoms with Gasteiger partial charge in [0.25, 0.3) is 0 Å². The predicted octanol–water partition coefficient (Wildman–Crippen LogP) is 5.20. The molecule has 0 aromatic carbocycles. The second-order valence-corrected chi connectivity index (χ2v) is 11.7. The van der Waals surface area contributed by atoms with Crippen molar-refractivity contribution in [1.29, 1.82) is 5.26 Å². The van der Waals surface area contributed by atoms with Gasteiger partial charge in [0.2, 0.25) is 0 Å². The Balaban J connectivity index is 1.28. The van der Waals surface area contributed by atoms with E-state index < -0.39 is 11.5 Å². The Labute approximate surface area is 253 Å². The average molecular weight is 599 g/mol. The normalized spacial score (nSPS) is 21.5. The summed E-state index contributed by atoms with van der Waals surface area (Å²) in [5.41, 5.74) is 1.11. The Bertz CT molecular complexity index is 1210. The van der Waals surface area contributed by atoms with Crippen molar-refractivity contribution in [3.8, 4) is 17.3 Å². The minimum absolute atomic E-state index is 0.136. The highest BCUT2D eigenvalue weighted by Gasteiger charge is 2.32. The Morgan fingerprint density at radius 1 is 1.19 bits per heavy atom. The molecule has 11 heteroatoms. The maximum atomic E-state index is 11.8. The van der Waals surface area contributed by atoms with Crippen molar-refractivity contribution in [3.05, 3.63) is 35.5 Å². The molecule has 1 aliphatic carbocycles. The topological polar surface area (TPSA) is 130 Å². The third-order valence-corrected chi connectivity index (χ3v) is 8.29. The van der Waals surface area contributed by atoms with Crippen LogP contribution >= 0.6 is 11.6 Å². The number of pyridine rings is 2. The van der Waals surface area contributed by atoms with Gasteiger partial charge < -0.3 is 30.2 Å². The van der Waals surface area contributed by atoms with Crippen LogP contribution in [0.1, 0.15) is 59.3 Å². The summed E-state index contributed by atoms with van der Waals surface area (Å²) in [5.74, 6) is 1.15. The molecule has 228 valence electrons. The van der Waals surface area contributed by atoms with Crippen LogP contribution in [0.3, 0.4) is 0 Å². The van der Waals surface area contributed by atoms with Gasteiger partial charge in [0.1, 0.15) is 11.6 Å². The van der Waals surface area contributed by atoms with Gasteiger partial charge in [-0.1, -0.05) is 17.7 Å². The number of carbonyl (C=O) groups is 1. The van der Waals surface area contributed by atoms with Crippen LogP contribution in [-0.2, 0) is 19.0 Å². The smallest absolute Gasteiger partial charge is 0.334 e. The van der Waals surface area contributed by atoms with Crippen LogP contribution in [0.15, 0.2) is 30.5 Å². The highest BCUT2D eigenvalue weighted by molar-refractivity contribution is 6.33. The fraction of sp³-hybridized carbons (Fsp3) is 0.613. The van der Waals surface area contributed by atoms with Crippen molar-refractivity contribution < 1.29 is 19.0 Å². The van der Waals surface area contributed by atoms with E-state index in [1.807, 2.05) is 24.3 Å². The monoisotopic (exact) mass is 598 g/mol. The Hall–Kier alpha value is -2.97. The number of nitrogens with one attached hydrogen (secondary N) is 3. The summed E-state index contributed by atoms with van der Waals surface area (Å²) >= 11 is 6.56. The SMILES string of the molecule is CCOC(=O)[C@@H](C)OCC(C)N[C@H]1CC[C@H](Nc2cc(-c3cccc(NCC4(C#N)CCOCC4)n3)c(Cl)cn2)CC1. The number of nitriles is 1. The molecule has 1 saturated carbocycles. The number of hydrogen-bond donors (Lipinski definition) is 3. The molecule has 1 aliphatic heterocycles. The first kappa shape index (κ1) is 32.0. The molecule has 2 aromatic heterocycles. The zero-order valence-corrected chi connectivity index (χ0v) is 25.6. The van der Waals surface area contributed by atoms with Crippen molar-refractivity contribution in [1.82, 2.24) is 15.3 Å². The molecular weight excluding hydrogens is 556 g/mol. The van der Waals surface area contributed by atoms with Gasteiger partial charge >= 0.3 is 5.97 Å². The second-order valence-electron chi connectivity index (χ2n) is 11.3. The molecule has 4 rings (SSSR count). The number of anilines is 2. The molecule has 2 atom stereocenters. The molecule has 3 N–H and O–H groups in total. The van der Waals surface area contributed by atoms with Crippen molar-refractivity contribution in [2.24, 2.45) is 5.41 Å². The van der Waals surface area contributed by atoms with E-state index >= 15 is 0 Å². The van der Waals surface area contributed by atoms with Crippen molar-refractivity contribution >= 4 is 29.2 Å². The molecule has 42 heavy (non-hydrogen) atoms. The van der Waals surface area contributed by atoms with E-state index in [0.717, 1.165) is 42.8 Å². The summed E-state index contributed by atoms with van der Waals surface area (Å²) in [6.45, 7) is 8.13. The molecule has 2 aliphatic rings. The van der Waals surface area contributed by atoms with Gasteiger partial charge in [0, 0.05) is 49.6 Å². The highest BCUT2D eigenvalue weighted by Crippen LogP contribution is 2.32. The maximum Gasteiger partial charge on any atom is 0.334 e. The van der Waals surface area contributed by atoms with Gasteiger partial charge in [0.05, 0.1) is 35.4 Å². The van der Waals surface area contributed by atoms with Crippen molar-refractivity contribution in [3.63, 3.8) is 0 Å². The minimum atomic E-state index is -0.562. The van der Waals surface area contributed by atoms with E-state index in [0.29, 0.717) is 68.7 Å². The highest BCUT2D eigenvalue weighted by atomic mass is 35.5. The van der Waals surface area contributed by atoms with Gasteiger partial charge in [-0.2, -0.15) is 5.26 Å². The van der Waals surface area contributed by atoms with Gasteiger partial charge in [-0.05, 0) is 77.5 Å². The molecule has 2 aromatic rings. The quantitative estimate of drug-likeness (QED) is 0.264. The summed E-state index contributed by atoms with van der Waals surface area (Å²) in [5, 5.41) is 20.9. The first-order chi connectivity index (χ1) is 20.3. The number of aromatic nitrogens is 2. The van der Waals surface area contributed by atoms with Crippen LogP contribution in [0.4, 0.5) is 11.6 Å². The summed E-state index contributed by atoms with van der Waals surface area (Å²) < 4.78 is 16.1. The summed E-state index contributed by atoms with van der Waals surface area (Å²) in [6, 6.07) is 11.1. The lowest BCUT2D eigenvalue weighted by Gasteiger charge is -2.32. The third kappa shape index (κ3) is 9.01. The second kappa shape index (κ2) is 15.5. The molecule has 0 bridgehead atoms. The minimum Gasteiger partial charge on any atom is -0.464 e. The third-order valence-electron chi connectivity index (χ3n) is 7.99. The molecule has 0 amide bonds. The summed E-state index contributed by atoms with van der Waals surface area (Å²) in [7, 11) is 0. The van der Waals surface area contributed by atoms with Crippen LogP contribution in [0.5, 0.6) is 0 Å². The van der Waals surface area contributed by atoms with E-state index in [-0.39, 0.29) is 12.0 Å². The zero-order valence-electron chi connectivity index (χ0n) is 24.8. The lowest BCUT2D eigenvalue weighted by molar-refractivity contribution is -0.155. The number of ether oxygens (including phenoxy) is 3. The molecule has 1 unspecified atom stereocenters. The van der Waals surface area contributed by atoms with E-state index in [1.54, 1.807) is 20.0 Å². The van der Waals surface area contributed by atoms with Crippen molar-refractivity contribution in [2.75, 3.05) is 43.6 Å². The molecule has 0 radical (unpaired) electrons. The number of esters is 1. The first-order valence-corrected chi connectivity index (χ1v) is 15.4. The Morgan fingerprint density at radius 3 is 2.64 bits per heavy atom. The van der Waals surface area contributed by atoms with E-state index in [2.05, 4.69) is 33.9 Å². The number of carbonyl (C=O) groups excluding carboxylic acids is 1. The fourth-order valence-electron chi connectivity index (χ4n) is 5.43. The van der Waals surface area contributed by atoms with Gasteiger partial charge in [-0.15, -0.1) is 0 Å². The van der Waals surface area contributed by atoms with Crippen LogP contribution < -0.4 is 16.0 Å². The molecule has 3 heterocycles. The van der Waals surface area contributed by atoms with Crippen LogP contribution in [-0.4, -0.2) is 73.1 Å². The van der Waals surface area contributed by atoms with Crippen LogP contribution in [0.25, 0.3) is 11.3 Å². The fourth-order valence-corrected chi connectivity index (χ4v) is 5.63. The zero-order chi connectivity index (χ0) is 30.0. The molecule has 2 fully saturated rings. The van der Waals surface area contributed by atoms with Gasteiger partial charge in [-0.3, -0.25) is 0 Å². The van der Waals surface area contributed by atoms with E-state index in [1.165, 1.54) is 0 Å². The first-order valence-electron chi connectivity index (χ1n) is 15.0. The number of rotatable bonds is 13. The predicted molar refractivity (Wildman–Crippen MR) is 163 cm³/mol. The lowest BCUT2D eigenvalue weighted by atomic mass is 9.82.